The Morgan fingerprint density at radius 3 is 2.53 bits per heavy atom. The molecule has 0 spiro atoms. The van der Waals surface area contributed by atoms with Crippen molar-refractivity contribution < 1.29 is 9.50 Å². The number of hydrogen-bond donors (Lipinski definition) is 1. The molecule has 0 radical (unpaired) electrons. The zero-order chi connectivity index (χ0) is 12.5. The average molecular weight is 231 g/mol. The third-order valence-electron chi connectivity index (χ3n) is 2.97. The lowest BCUT2D eigenvalue weighted by molar-refractivity contribution is 0.0971. The molecule has 1 N–H and O–H groups in total. The lowest BCUT2D eigenvalue weighted by atomic mass is 9.86. The molecule has 2 rings (SSSR count). The van der Waals surface area contributed by atoms with Gasteiger partial charge >= 0.3 is 0 Å². The van der Waals surface area contributed by atoms with Crippen molar-refractivity contribution in [2.75, 3.05) is 0 Å². The van der Waals surface area contributed by atoms with Gasteiger partial charge in [-0.15, -0.1) is 0 Å². The summed E-state index contributed by atoms with van der Waals surface area (Å²) >= 11 is 0. The fraction of sp³-hybridized carbons (Fsp3) is 0.214. The maximum absolute atomic E-state index is 13.7. The van der Waals surface area contributed by atoms with Gasteiger partial charge in [-0.1, -0.05) is 24.3 Å². The maximum atomic E-state index is 13.7. The van der Waals surface area contributed by atoms with Crippen molar-refractivity contribution in [2.24, 2.45) is 0 Å². The van der Waals surface area contributed by atoms with Crippen LogP contribution in [0, 0.1) is 12.7 Å². The zero-order valence-electron chi connectivity index (χ0n) is 9.81. The van der Waals surface area contributed by atoms with Crippen LogP contribution in [-0.4, -0.2) is 10.1 Å². The van der Waals surface area contributed by atoms with E-state index in [9.17, 15) is 9.50 Å². The number of benzene rings is 1. The van der Waals surface area contributed by atoms with Crippen molar-refractivity contribution in [3.05, 3.63) is 65.2 Å². The third-order valence-corrected chi connectivity index (χ3v) is 2.97. The molecule has 0 saturated heterocycles. The van der Waals surface area contributed by atoms with E-state index in [2.05, 4.69) is 4.98 Å². The van der Waals surface area contributed by atoms with Gasteiger partial charge in [0.1, 0.15) is 11.4 Å². The standard InChI is InChI=1S/C14H14FNO/c1-10-5-3-4-6-11(10)14(2,17)12-7-8-16-9-13(12)15/h3-9,17H,1-2H3. The summed E-state index contributed by atoms with van der Waals surface area (Å²) in [6.45, 7) is 3.48. The molecule has 1 unspecified atom stereocenters. The smallest absolute Gasteiger partial charge is 0.147 e. The number of pyridine rings is 1. The molecule has 1 aromatic carbocycles. The third kappa shape index (κ3) is 2.06. The number of rotatable bonds is 2. The molecular weight excluding hydrogens is 217 g/mol. The summed E-state index contributed by atoms with van der Waals surface area (Å²) < 4.78 is 13.7. The molecule has 1 aromatic heterocycles. The van der Waals surface area contributed by atoms with Gasteiger partial charge in [-0.05, 0) is 31.0 Å². The van der Waals surface area contributed by atoms with Gasteiger partial charge in [-0.2, -0.15) is 0 Å². The second-order valence-corrected chi connectivity index (χ2v) is 4.24. The van der Waals surface area contributed by atoms with E-state index < -0.39 is 11.4 Å². The SMILES string of the molecule is Cc1ccccc1C(C)(O)c1ccncc1F. The van der Waals surface area contributed by atoms with Gasteiger partial charge in [0.05, 0.1) is 6.20 Å². The molecule has 0 saturated carbocycles. The van der Waals surface area contributed by atoms with Crippen LogP contribution >= 0.6 is 0 Å². The van der Waals surface area contributed by atoms with E-state index in [0.29, 0.717) is 5.56 Å². The summed E-state index contributed by atoms with van der Waals surface area (Å²) in [6.07, 6.45) is 2.59. The predicted molar refractivity (Wildman–Crippen MR) is 64.0 cm³/mol. The van der Waals surface area contributed by atoms with Crippen molar-refractivity contribution in [1.82, 2.24) is 4.98 Å². The second-order valence-electron chi connectivity index (χ2n) is 4.24. The van der Waals surface area contributed by atoms with Crippen molar-refractivity contribution in [2.45, 2.75) is 19.4 Å². The van der Waals surface area contributed by atoms with Gasteiger partial charge in [0.2, 0.25) is 0 Å². The normalized spacial score (nSPS) is 14.4. The number of aliphatic hydroxyl groups is 1. The lowest BCUT2D eigenvalue weighted by Gasteiger charge is -2.26. The van der Waals surface area contributed by atoms with Crippen LogP contribution in [0.25, 0.3) is 0 Å². The summed E-state index contributed by atoms with van der Waals surface area (Å²) in [6, 6.07) is 8.91. The Kier molecular flexibility index (Phi) is 2.94. The quantitative estimate of drug-likeness (QED) is 0.862. The number of nitrogens with zero attached hydrogens (tertiary/aromatic N) is 1. The van der Waals surface area contributed by atoms with E-state index in [0.717, 1.165) is 11.8 Å². The summed E-state index contributed by atoms with van der Waals surface area (Å²) in [5, 5.41) is 10.6. The molecule has 1 heterocycles. The van der Waals surface area contributed by atoms with Crippen molar-refractivity contribution in [3.63, 3.8) is 0 Å². The largest absolute Gasteiger partial charge is 0.381 e. The molecular formula is C14H14FNO. The van der Waals surface area contributed by atoms with Crippen molar-refractivity contribution in [1.29, 1.82) is 0 Å². The topological polar surface area (TPSA) is 33.1 Å². The Morgan fingerprint density at radius 1 is 1.18 bits per heavy atom. The summed E-state index contributed by atoms with van der Waals surface area (Å²) in [5.74, 6) is -0.499. The average Bonchev–Trinajstić information content (AvgIpc) is 2.29. The first-order valence-corrected chi connectivity index (χ1v) is 5.42. The second kappa shape index (κ2) is 4.26. The molecule has 0 aliphatic rings. The van der Waals surface area contributed by atoms with Gasteiger partial charge in [0.15, 0.2) is 0 Å². The van der Waals surface area contributed by atoms with Crippen LogP contribution in [0.2, 0.25) is 0 Å². The Morgan fingerprint density at radius 2 is 1.88 bits per heavy atom. The molecule has 3 heteroatoms. The molecule has 0 bridgehead atoms. The van der Waals surface area contributed by atoms with E-state index in [1.807, 2.05) is 25.1 Å². The van der Waals surface area contributed by atoms with E-state index in [1.165, 1.54) is 12.3 Å². The van der Waals surface area contributed by atoms with Crippen LogP contribution in [-0.2, 0) is 5.60 Å². The molecule has 88 valence electrons. The molecule has 0 amide bonds. The minimum atomic E-state index is -1.35. The van der Waals surface area contributed by atoms with Crippen molar-refractivity contribution >= 4 is 0 Å². The van der Waals surface area contributed by atoms with Crippen LogP contribution in [0.1, 0.15) is 23.6 Å². The molecule has 2 aromatic rings. The molecule has 1 atom stereocenters. The van der Waals surface area contributed by atoms with Crippen LogP contribution in [0.5, 0.6) is 0 Å². The first-order chi connectivity index (χ1) is 8.03. The van der Waals surface area contributed by atoms with Crippen LogP contribution < -0.4 is 0 Å². The number of halogens is 1. The molecule has 2 nitrogen and oxygen atoms in total. The van der Waals surface area contributed by atoms with Gasteiger partial charge < -0.3 is 5.11 Å². The molecule has 0 fully saturated rings. The number of aromatic nitrogens is 1. The van der Waals surface area contributed by atoms with Crippen LogP contribution in [0.15, 0.2) is 42.7 Å². The zero-order valence-corrected chi connectivity index (χ0v) is 9.81. The summed E-state index contributed by atoms with van der Waals surface area (Å²) in [5.41, 5.74) is 0.513. The highest BCUT2D eigenvalue weighted by Gasteiger charge is 2.29. The summed E-state index contributed by atoms with van der Waals surface area (Å²) in [7, 11) is 0. The maximum Gasteiger partial charge on any atom is 0.147 e. The van der Waals surface area contributed by atoms with Gasteiger partial charge in [-0.3, -0.25) is 4.98 Å². The van der Waals surface area contributed by atoms with Gasteiger partial charge in [0.25, 0.3) is 0 Å². The minimum absolute atomic E-state index is 0.238. The van der Waals surface area contributed by atoms with E-state index in [1.54, 1.807) is 13.0 Å². The predicted octanol–water partition coefficient (Wildman–Crippen LogP) is 2.78. The lowest BCUT2D eigenvalue weighted by Crippen LogP contribution is -2.25. The Hall–Kier alpha value is -1.74. The van der Waals surface area contributed by atoms with E-state index >= 15 is 0 Å². The van der Waals surface area contributed by atoms with Crippen LogP contribution in [0.3, 0.4) is 0 Å². The highest BCUT2D eigenvalue weighted by molar-refractivity contribution is 5.39. The van der Waals surface area contributed by atoms with Crippen LogP contribution in [0.4, 0.5) is 4.39 Å². The number of hydrogen-bond acceptors (Lipinski definition) is 2. The van der Waals surface area contributed by atoms with E-state index in [4.69, 9.17) is 0 Å². The monoisotopic (exact) mass is 231 g/mol. The first kappa shape index (κ1) is 11.7. The fourth-order valence-corrected chi connectivity index (χ4v) is 2.03. The first-order valence-electron chi connectivity index (χ1n) is 5.42. The highest BCUT2D eigenvalue weighted by atomic mass is 19.1. The van der Waals surface area contributed by atoms with Crippen molar-refractivity contribution in [3.8, 4) is 0 Å². The van der Waals surface area contributed by atoms with Gasteiger partial charge in [-0.25, -0.2) is 4.39 Å². The number of aryl methyl sites for hydroxylation is 1. The molecule has 0 aliphatic carbocycles. The Bertz CT molecular complexity index is 490. The Balaban J connectivity index is 2.58. The highest BCUT2D eigenvalue weighted by Crippen LogP contribution is 2.32. The van der Waals surface area contributed by atoms with Gasteiger partial charge in [0, 0.05) is 11.8 Å². The summed E-state index contributed by atoms with van der Waals surface area (Å²) in [4.78, 5) is 3.69. The molecule has 17 heavy (non-hydrogen) atoms. The Labute approximate surface area is 99.8 Å². The minimum Gasteiger partial charge on any atom is -0.381 e. The van der Waals surface area contributed by atoms with E-state index in [-0.39, 0.29) is 5.56 Å². The fourth-order valence-electron chi connectivity index (χ4n) is 2.03. The molecule has 0 aliphatic heterocycles.